The molecule has 1 N–H and O–H groups in total. The molecule has 2 nitrogen and oxygen atoms in total. The average molecular weight is 284 g/mol. The Morgan fingerprint density at radius 1 is 1.19 bits per heavy atom. The van der Waals surface area contributed by atoms with Crippen molar-refractivity contribution in [2.24, 2.45) is 0 Å². The lowest BCUT2D eigenvalue weighted by Crippen LogP contribution is -2.21. The second-order valence-electron chi connectivity index (χ2n) is 6.03. The minimum absolute atomic E-state index is 0.521. The maximum absolute atomic E-state index is 3.78. The first kappa shape index (κ1) is 15.8. The van der Waals surface area contributed by atoms with E-state index in [1.807, 2.05) is 6.08 Å². The summed E-state index contributed by atoms with van der Waals surface area (Å²) in [5, 5.41) is 4.90. The van der Waals surface area contributed by atoms with Crippen molar-refractivity contribution in [1.29, 1.82) is 0 Å². The molecule has 1 aromatic carbocycles. The van der Waals surface area contributed by atoms with Gasteiger partial charge in [0.2, 0.25) is 0 Å². The molecular formula is C19H28N2. The minimum Gasteiger partial charge on any atom is -0.347 e. The molecule has 1 heterocycles. The van der Waals surface area contributed by atoms with Gasteiger partial charge in [-0.25, -0.2) is 0 Å². The van der Waals surface area contributed by atoms with Gasteiger partial charge >= 0.3 is 0 Å². The summed E-state index contributed by atoms with van der Waals surface area (Å²) in [7, 11) is 0. The number of unbranched alkanes of at least 4 members (excludes halogenated alkanes) is 3. The number of nitrogens with zero attached hydrogens (tertiary/aromatic N) is 1. The Morgan fingerprint density at radius 3 is 2.81 bits per heavy atom. The van der Waals surface area contributed by atoms with Crippen LogP contribution in [0.4, 0.5) is 0 Å². The Balaban J connectivity index is 2.02. The Hall–Kier alpha value is -1.54. The van der Waals surface area contributed by atoms with E-state index in [1.165, 1.54) is 35.7 Å². The van der Waals surface area contributed by atoms with Crippen molar-refractivity contribution in [2.75, 3.05) is 0 Å². The third kappa shape index (κ3) is 4.47. The van der Waals surface area contributed by atoms with Gasteiger partial charge in [-0.15, -0.1) is 6.58 Å². The second-order valence-corrected chi connectivity index (χ2v) is 6.03. The van der Waals surface area contributed by atoms with Gasteiger partial charge in [-0.05, 0) is 37.0 Å². The van der Waals surface area contributed by atoms with Crippen molar-refractivity contribution in [1.82, 2.24) is 9.88 Å². The van der Waals surface area contributed by atoms with Crippen LogP contribution in [0, 0.1) is 0 Å². The van der Waals surface area contributed by atoms with Crippen molar-refractivity contribution < 1.29 is 0 Å². The molecule has 2 heteroatoms. The van der Waals surface area contributed by atoms with Crippen LogP contribution in [-0.2, 0) is 13.1 Å². The summed E-state index contributed by atoms with van der Waals surface area (Å²) in [6.45, 7) is 10.2. The summed E-state index contributed by atoms with van der Waals surface area (Å²) in [6, 6.07) is 9.42. The molecule has 0 atom stereocenters. The molecule has 0 spiro atoms. The highest BCUT2D eigenvalue weighted by Gasteiger charge is 2.05. The number of rotatable bonds is 9. The molecule has 0 bridgehead atoms. The van der Waals surface area contributed by atoms with E-state index in [0.717, 1.165) is 19.5 Å². The fourth-order valence-electron chi connectivity index (χ4n) is 2.70. The van der Waals surface area contributed by atoms with Crippen LogP contribution in [0.25, 0.3) is 10.9 Å². The van der Waals surface area contributed by atoms with Gasteiger partial charge in [-0.1, -0.05) is 38.5 Å². The number of hydrogen-bond donors (Lipinski definition) is 1. The lowest BCUT2D eigenvalue weighted by molar-refractivity contribution is 0.590. The number of fused-ring (bicyclic) bond motifs is 1. The van der Waals surface area contributed by atoms with Gasteiger partial charge < -0.3 is 9.88 Å². The smallest absolute Gasteiger partial charge is 0.0483 e. The second kappa shape index (κ2) is 8.04. The Morgan fingerprint density at radius 2 is 2.05 bits per heavy atom. The van der Waals surface area contributed by atoms with Gasteiger partial charge in [0.15, 0.2) is 0 Å². The average Bonchev–Trinajstić information content (AvgIpc) is 2.89. The Bertz CT molecular complexity index is 566. The van der Waals surface area contributed by atoms with E-state index in [2.05, 4.69) is 60.8 Å². The zero-order valence-electron chi connectivity index (χ0n) is 13.4. The van der Waals surface area contributed by atoms with E-state index in [0.29, 0.717) is 6.04 Å². The molecule has 0 unspecified atom stereocenters. The number of aromatic nitrogens is 1. The van der Waals surface area contributed by atoms with Crippen LogP contribution in [-0.4, -0.2) is 10.6 Å². The van der Waals surface area contributed by atoms with Crippen LogP contribution >= 0.6 is 0 Å². The molecule has 0 saturated heterocycles. The number of benzene rings is 1. The zero-order valence-corrected chi connectivity index (χ0v) is 13.4. The molecule has 0 amide bonds. The van der Waals surface area contributed by atoms with Crippen molar-refractivity contribution in [2.45, 2.75) is 58.7 Å². The van der Waals surface area contributed by atoms with E-state index in [4.69, 9.17) is 0 Å². The predicted octanol–water partition coefficient (Wildman–Crippen LogP) is 4.89. The summed E-state index contributed by atoms with van der Waals surface area (Å²) in [4.78, 5) is 0. The first-order chi connectivity index (χ1) is 10.2. The quantitative estimate of drug-likeness (QED) is 0.512. The topological polar surface area (TPSA) is 17.0 Å². The fourth-order valence-corrected chi connectivity index (χ4v) is 2.70. The van der Waals surface area contributed by atoms with E-state index >= 15 is 0 Å². The number of aryl methyl sites for hydroxylation is 1. The molecular weight excluding hydrogens is 256 g/mol. The first-order valence-corrected chi connectivity index (χ1v) is 8.13. The lowest BCUT2D eigenvalue weighted by Gasteiger charge is -2.10. The van der Waals surface area contributed by atoms with Crippen molar-refractivity contribution in [3.8, 4) is 0 Å². The van der Waals surface area contributed by atoms with Gasteiger partial charge in [0.25, 0.3) is 0 Å². The lowest BCUT2D eigenvalue weighted by atomic mass is 10.1. The van der Waals surface area contributed by atoms with Crippen LogP contribution in [0.2, 0.25) is 0 Å². The van der Waals surface area contributed by atoms with Crippen LogP contribution < -0.4 is 5.32 Å². The normalized spacial score (nSPS) is 11.4. The fraction of sp³-hybridized carbons (Fsp3) is 0.474. The standard InChI is InChI=1S/C19H28N2/c1-4-5-6-7-8-13-21-14-12-18-17(15-20-16(2)3)10-9-11-19(18)21/h4,9-12,14,16,20H,1,5-8,13,15H2,2-3H3. The molecule has 0 aliphatic carbocycles. The summed E-state index contributed by atoms with van der Waals surface area (Å²) < 4.78 is 2.39. The predicted molar refractivity (Wildman–Crippen MR) is 92.6 cm³/mol. The molecule has 0 aliphatic heterocycles. The van der Waals surface area contributed by atoms with E-state index in [-0.39, 0.29) is 0 Å². The van der Waals surface area contributed by atoms with Crippen molar-refractivity contribution in [3.63, 3.8) is 0 Å². The monoisotopic (exact) mass is 284 g/mol. The summed E-state index contributed by atoms with van der Waals surface area (Å²) in [5.41, 5.74) is 2.76. The minimum atomic E-state index is 0.521. The zero-order chi connectivity index (χ0) is 15.1. The largest absolute Gasteiger partial charge is 0.347 e. The molecule has 0 radical (unpaired) electrons. The summed E-state index contributed by atoms with van der Waals surface area (Å²) in [5.74, 6) is 0. The van der Waals surface area contributed by atoms with Crippen LogP contribution in [0.1, 0.15) is 45.1 Å². The highest BCUT2D eigenvalue weighted by molar-refractivity contribution is 5.83. The van der Waals surface area contributed by atoms with Crippen molar-refractivity contribution in [3.05, 3.63) is 48.7 Å². The van der Waals surface area contributed by atoms with Crippen LogP contribution in [0.3, 0.4) is 0 Å². The van der Waals surface area contributed by atoms with Gasteiger partial charge in [0.1, 0.15) is 0 Å². The molecule has 2 rings (SSSR count). The molecule has 2 aromatic rings. The van der Waals surface area contributed by atoms with Gasteiger partial charge in [-0.2, -0.15) is 0 Å². The SMILES string of the molecule is C=CCCCCCn1ccc2c(CNC(C)C)cccc21. The highest BCUT2D eigenvalue weighted by atomic mass is 15.0. The maximum Gasteiger partial charge on any atom is 0.0483 e. The van der Waals surface area contributed by atoms with Crippen LogP contribution in [0.15, 0.2) is 43.1 Å². The van der Waals surface area contributed by atoms with E-state index in [1.54, 1.807) is 0 Å². The van der Waals surface area contributed by atoms with Gasteiger partial charge in [-0.3, -0.25) is 0 Å². The molecule has 0 fully saturated rings. The molecule has 0 aliphatic rings. The van der Waals surface area contributed by atoms with E-state index in [9.17, 15) is 0 Å². The van der Waals surface area contributed by atoms with Crippen molar-refractivity contribution >= 4 is 10.9 Å². The summed E-state index contributed by atoms with van der Waals surface area (Å²) >= 11 is 0. The third-order valence-corrected chi connectivity index (χ3v) is 3.91. The first-order valence-electron chi connectivity index (χ1n) is 8.13. The Kier molecular flexibility index (Phi) is 6.06. The number of allylic oxidation sites excluding steroid dienone is 1. The molecule has 21 heavy (non-hydrogen) atoms. The molecule has 0 saturated carbocycles. The third-order valence-electron chi connectivity index (χ3n) is 3.91. The maximum atomic E-state index is 3.78. The summed E-state index contributed by atoms with van der Waals surface area (Å²) in [6.07, 6.45) is 9.16. The highest BCUT2D eigenvalue weighted by Crippen LogP contribution is 2.21. The van der Waals surface area contributed by atoms with Crippen LogP contribution in [0.5, 0.6) is 0 Å². The number of nitrogens with one attached hydrogen (secondary N) is 1. The molecule has 114 valence electrons. The van der Waals surface area contributed by atoms with Gasteiger partial charge in [0, 0.05) is 36.2 Å². The number of hydrogen-bond acceptors (Lipinski definition) is 1. The Labute approximate surface area is 128 Å². The van der Waals surface area contributed by atoms with Gasteiger partial charge in [0.05, 0.1) is 0 Å². The molecule has 1 aromatic heterocycles. The van der Waals surface area contributed by atoms with E-state index < -0.39 is 0 Å².